The maximum absolute atomic E-state index is 5.76. The summed E-state index contributed by atoms with van der Waals surface area (Å²) in [5.41, 5.74) is 4.73. The smallest absolute Gasteiger partial charge is 0.169 e. The first kappa shape index (κ1) is 21.1. The van der Waals surface area contributed by atoms with Gasteiger partial charge in [-0.1, -0.05) is 0 Å². The summed E-state index contributed by atoms with van der Waals surface area (Å²) in [6.07, 6.45) is 4.53. The van der Waals surface area contributed by atoms with Gasteiger partial charge in [0.15, 0.2) is 5.11 Å². The second-order valence-corrected chi connectivity index (χ2v) is 8.73. The molecule has 3 rings (SSSR count). The first-order valence-electron chi connectivity index (χ1n) is 9.88. The van der Waals surface area contributed by atoms with E-state index in [-0.39, 0.29) is 5.54 Å². The van der Waals surface area contributed by atoms with Crippen LogP contribution >= 0.6 is 12.2 Å². The lowest BCUT2D eigenvalue weighted by Gasteiger charge is -2.31. The highest BCUT2D eigenvalue weighted by atomic mass is 32.1. The lowest BCUT2D eigenvalue weighted by molar-refractivity contribution is 0.385. The molecule has 0 atom stereocenters. The van der Waals surface area contributed by atoms with Crippen molar-refractivity contribution in [2.45, 2.75) is 46.2 Å². The lowest BCUT2D eigenvalue weighted by Crippen LogP contribution is -2.48. The predicted octanol–water partition coefficient (Wildman–Crippen LogP) is 4.60. The van der Waals surface area contributed by atoms with Crippen molar-refractivity contribution >= 4 is 28.2 Å². The Hall–Kier alpha value is -2.60. The highest BCUT2D eigenvalue weighted by Gasteiger charge is 2.18. The Morgan fingerprint density at radius 3 is 2.59 bits per heavy atom. The molecular weight excluding hydrogens is 380 g/mol. The van der Waals surface area contributed by atoms with E-state index in [1.165, 1.54) is 22.2 Å². The number of hydrogen-bond donors (Lipinski definition) is 2. The van der Waals surface area contributed by atoms with Crippen molar-refractivity contribution in [2.24, 2.45) is 0 Å². The fourth-order valence-electron chi connectivity index (χ4n) is 3.42. The molecule has 3 aromatic rings. The molecule has 0 bridgehead atoms. The number of methoxy groups -OCH3 is 1. The summed E-state index contributed by atoms with van der Waals surface area (Å²) in [5.74, 6) is 0.872. The molecule has 0 aliphatic heterocycles. The Bertz CT molecular complexity index is 976. The Balaban J connectivity index is 1.83. The van der Waals surface area contributed by atoms with Crippen molar-refractivity contribution < 1.29 is 4.74 Å². The number of fused-ring (bicyclic) bond motifs is 1. The molecule has 1 aromatic carbocycles. The van der Waals surface area contributed by atoms with Gasteiger partial charge in [-0.2, -0.15) is 0 Å². The van der Waals surface area contributed by atoms with E-state index in [1.807, 2.05) is 30.6 Å². The Kier molecular flexibility index (Phi) is 6.42. The Morgan fingerprint density at radius 2 is 1.93 bits per heavy atom. The topological polar surface area (TPSA) is 53.2 Å². The minimum atomic E-state index is -0.0857. The third-order valence-electron chi connectivity index (χ3n) is 4.85. The molecule has 2 aromatic heterocycles. The van der Waals surface area contributed by atoms with Gasteiger partial charge in [0, 0.05) is 47.6 Å². The Morgan fingerprint density at radius 1 is 1.21 bits per heavy atom. The van der Waals surface area contributed by atoms with Crippen LogP contribution in [-0.4, -0.2) is 39.2 Å². The molecule has 2 heterocycles. The van der Waals surface area contributed by atoms with E-state index >= 15 is 0 Å². The summed E-state index contributed by atoms with van der Waals surface area (Å²) in [7, 11) is 1.70. The van der Waals surface area contributed by atoms with Gasteiger partial charge in [0.05, 0.1) is 7.11 Å². The van der Waals surface area contributed by atoms with Crippen molar-refractivity contribution in [1.29, 1.82) is 0 Å². The zero-order valence-electron chi connectivity index (χ0n) is 17.9. The molecule has 0 unspecified atom stereocenters. The van der Waals surface area contributed by atoms with Crippen LogP contribution in [0, 0.1) is 6.92 Å². The van der Waals surface area contributed by atoms with Crippen molar-refractivity contribution in [3.8, 4) is 5.75 Å². The van der Waals surface area contributed by atoms with Gasteiger partial charge in [0.1, 0.15) is 5.75 Å². The SMILES string of the molecule is COc1ccc2[nH]c(C)c(CCN(Cc3ccncc3)C(=S)NC(C)(C)C)c2c1. The average molecular weight is 411 g/mol. The van der Waals surface area contributed by atoms with E-state index in [1.54, 1.807) is 7.11 Å². The molecule has 154 valence electrons. The summed E-state index contributed by atoms with van der Waals surface area (Å²) < 4.78 is 5.42. The number of aryl methyl sites for hydroxylation is 1. The van der Waals surface area contributed by atoms with Gasteiger partial charge in [-0.3, -0.25) is 4.98 Å². The van der Waals surface area contributed by atoms with Gasteiger partial charge < -0.3 is 19.9 Å². The maximum Gasteiger partial charge on any atom is 0.169 e. The summed E-state index contributed by atoms with van der Waals surface area (Å²) in [6.45, 7) is 10.1. The molecule has 2 N–H and O–H groups in total. The molecule has 5 nitrogen and oxygen atoms in total. The Labute approximate surface area is 178 Å². The van der Waals surface area contributed by atoms with E-state index in [9.17, 15) is 0 Å². The van der Waals surface area contributed by atoms with Crippen LogP contribution in [0.3, 0.4) is 0 Å². The maximum atomic E-state index is 5.76. The summed E-state index contributed by atoms with van der Waals surface area (Å²) in [5, 5.41) is 5.43. The number of hydrogen-bond acceptors (Lipinski definition) is 3. The van der Waals surface area contributed by atoms with Crippen LogP contribution in [0.4, 0.5) is 0 Å². The zero-order chi connectivity index (χ0) is 21.0. The number of H-pyrrole nitrogens is 1. The van der Waals surface area contributed by atoms with Crippen molar-refractivity contribution in [3.63, 3.8) is 0 Å². The largest absolute Gasteiger partial charge is 0.497 e. The van der Waals surface area contributed by atoms with E-state index in [2.05, 4.69) is 60.0 Å². The van der Waals surface area contributed by atoms with Gasteiger partial charge in [-0.05, 0) is 87.8 Å². The van der Waals surface area contributed by atoms with Crippen LogP contribution in [0.25, 0.3) is 10.9 Å². The van der Waals surface area contributed by atoms with Gasteiger partial charge in [-0.15, -0.1) is 0 Å². The number of aromatic nitrogens is 2. The van der Waals surface area contributed by atoms with Crippen LogP contribution in [0.1, 0.15) is 37.6 Å². The molecule has 0 amide bonds. The van der Waals surface area contributed by atoms with Crippen LogP contribution in [0.2, 0.25) is 0 Å². The molecule has 6 heteroatoms. The number of rotatable bonds is 6. The molecule has 0 radical (unpaired) electrons. The fraction of sp³-hybridized carbons (Fsp3) is 0.391. The van der Waals surface area contributed by atoms with Gasteiger partial charge >= 0.3 is 0 Å². The van der Waals surface area contributed by atoms with Gasteiger partial charge in [0.25, 0.3) is 0 Å². The predicted molar refractivity (Wildman–Crippen MR) is 123 cm³/mol. The molecular formula is C23H30N4OS. The van der Waals surface area contributed by atoms with Crippen molar-refractivity contribution in [1.82, 2.24) is 20.2 Å². The van der Waals surface area contributed by atoms with Crippen LogP contribution < -0.4 is 10.1 Å². The average Bonchev–Trinajstić information content (AvgIpc) is 2.98. The van der Waals surface area contributed by atoms with Crippen LogP contribution in [-0.2, 0) is 13.0 Å². The fourth-order valence-corrected chi connectivity index (χ4v) is 3.88. The number of pyridine rings is 1. The monoisotopic (exact) mass is 410 g/mol. The molecule has 0 spiro atoms. The lowest BCUT2D eigenvalue weighted by atomic mass is 10.1. The van der Waals surface area contributed by atoms with Crippen LogP contribution in [0.15, 0.2) is 42.7 Å². The van der Waals surface area contributed by atoms with E-state index in [0.29, 0.717) is 0 Å². The van der Waals surface area contributed by atoms with Gasteiger partial charge in [-0.25, -0.2) is 0 Å². The first-order chi connectivity index (χ1) is 13.8. The van der Waals surface area contributed by atoms with Crippen molar-refractivity contribution in [3.05, 3.63) is 59.5 Å². The number of ether oxygens (including phenoxy) is 1. The minimum Gasteiger partial charge on any atom is -0.497 e. The van der Waals surface area contributed by atoms with E-state index in [0.717, 1.165) is 35.9 Å². The molecule has 0 saturated carbocycles. The number of nitrogens with zero attached hydrogens (tertiary/aromatic N) is 2. The van der Waals surface area contributed by atoms with E-state index < -0.39 is 0 Å². The van der Waals surface area contributed by atoms with Crippen molar-refractivity contribution in [2.75, 3.05) is 13.7 Å². The quantitative estimate of drug-likeness (QED) is 0.582. The first-order valence-corrected chi connectivity index (χ1v) is 10.3. The molecule has 0 saturated heterocycles. The summed E-state index contributed by atoms with van der Waals surface area (Å²) >= 11 is 5.76. The molecule has 0 aliphatic carbocycles. The number of nitrogens with one attached hydrogen (secondary N) is 2. The zero-order valence-corrected chi connectivity index (χ0v) is 18.7. The summed E-state index contributed by atoms with van der Waals surface area (Å²) in [6, 6.07) is 10.2. The van der Waals surface area contributed by atoms with Crippen LogP contribution in [0.5, 0.6) is 5.75 Å². The third-order valence-corrected chi connectivity index (χ3v) is 5.21. The highest BCUT2D eigenvalue weighted by Crippen LogP contribution is 2.27. The normalized spacial score (nSPS) is 11.5. The number of benzene rings is 1. The molecule has 29 heavy (non-hydrogen) atoms. The second-order valence-electron chi connectivity index (χ2n) is 8.35. The standard InChI is InChI=1S/C23H30N4OS/c1-16-19(20-14-18(28-5)6-7-21(20)25-16)10-13-27(22(29)26-23(2,3)4)15-17-8-11-24-12-9-17/h6-9,11-12,14,25H,10,13,15H2,1-5H3,(H,26,29). The summed E-state index contributed by atoms with van der Waals surface area (Å²) in [4.78, 5) is 9.84. The second kappa shape index (κ2) is 8.82. The number of thiocarbonyl (C=S) groups is 1. The number of aromatic amines is 1. The van der Waals surface area contributed by atoms with E-state index in [4.69, 9.17) is 17.0 Å². The van der Waals surface area contributed by atoms with Gasteiger partial charge in [0.2, 0.25) is 0 Å². The third kappa shape index (κ3) is 5.48. The minimum absolute atomic E-state index is 0.0857. The molecule has 0 fully saturated rings. The highest BCUT2D eigenvalue weighted by molar-refractivity contribution is 7.80. The molecule has 0 aliphatic rings.